The van der Waals surface area contributed by atoms with E-state index in [9.17, 15) is 23.1 Å². The van der Waals surface area contributed by atoms with Crippen molar-refractivity contribution in [1.82, 2.24) is 4.90 Å². The number of likely N-dealkylation sites (N-methyl/N-ethyl adjacent to an activating group) is 1. The van der Waals surface area contributed by atoms with Gasteiger partial charge in [-0.05, 0) is 36.4 Å². The van der Waals surface area contributed by atoms with E-state index in [1.165, 1.54) is 17.0 Å². The van der Waals surface area contributed by atoms with Crippen LogP contribution in [0.5, 0.6) is 0 Å². The monoisotopic (exact) mass is 397 g/mol. The molecule has 2 aromatic rings. The van der Waals surface area contributed by atoms with Crippen LogP contribution in [0.3, 0.4) is 0 Å². The average Bonchev–Trinajstić information content (AvgIpc) is 2.66. The van der Waals surface area contributed by atoms with Gasteiger partial charge in [0.2, 0.25) is 5.91 Å². The number of carbonyl (C=O) groups is 1. The predicted molar refractivity (Wildman–Crippen MR) is 101 cm³/mol. The highest BCUT2D eigenvalue weighted by Crippen LogP contribution is 2.36. The molecule has 0 aliphatic carbocycles. The van der Waals surface area contributed by atoms with Crippen LogP contribution >= 0.6 is 11.8 Å². The van der Waals surface area contributed by atoms with E-state index in [0.29, 0.717) is 11.1 Å². The summed E-state index contributed by atoms with van der Waals surface area (Å²) in [4.78, 5) is 14.0. The number of carbonyl (C=O) groups excluding carboxylic acids is 1. The Balaban J connectivity index is 2.14. The Morgan fingerprint density at radius 3 is 2.37 bits per heavy atom. The Kier molecular flexibility index (Phi) is 6.95. The van der Waals surface area contributed by atoms with Crippen LogP contribution in [0.25, 0.3) is 0 Å². The van der Waals surface area contributed by atoms with E-state index in [0.717, 1.165) is 17.8 Å². The molecule has 3 nitrogen and oxygen atoms in total. The van der Waals surface area contributed by atoms with E-state index in [-0.39, 0.29) is 17.2 Å². The Morgan fingerprint density at radius 2 is 1.81 bits per heavy atom. The molecule has 1 N–H and O–H groups in total. The molecular weight excluding hydrogens is 375 g/mol. The Bertz CT molecular complexity index is 781. The number of hydrogen-bond donors (Lipinski definition) is 1. The summed E-state index contributed by atoms with van der Waals surface area (Å²) in [7, 11) is 1.54. The van der Waals surface area contributed by atoms with Crippen LogP contribution in [0, 0.1) is 0 Å². The number of aliphatic hydroxyl groups is 1. The first-order valence-electron chi connectivity index (χ1n) is 8.38. The zero-order chi connectivity index (χ0) is 20.2. The molecule has 146 valence electrons. The first-order chi connectivity index (χ1) is 12.6. The molecule has 0 saturated carbocycles. The molecule has 0 saturated heterocycles. The molecule has 1 amide bonds. The van der Waals surface area contributed by atoms with Gasteiger partial charge in [-0.2, -0.15) is 13.2 Å². The molecule has 0 heterocycles. The van der Waals surface area contributed by atoms with Crippen molar-refractivity contribution >= 4 is 17.7 Å². The summed E-state index contributed by atoms with van der Waals surface area (Å²) in [6, 6.07) is 12.4. The predicted octanol–water partition coefficient (Wildman–Crippen LogP) is 4.55. The topological polar surface area (TPSA) is 40.5 Å². The van der Waals surface area contributed by atoms with Gasteiger partial charge in [-0.3, -0.25) is 4.79 Å². The van der Waals surface area contributed by atoms with Crippen LogP contribution in [0.1, 0.15) is 29.7 Å². The summed E-state index contributed by atoms with van der Waals surface area (Å²) in [5.74, 6) is -0.359. The number of benzene rings is 2. The average molecular weight is 397 g/mol. The summed E-state index contributed by atoms with van der Waals surface area (Å²) in [5.41, 5.74) is 0.229. The van der Waals surface area contributed by atoms with Gasteiger partial charge in [0.15, 0.2) is 0 Å². The van der Waals surface area contributed by atoms with E-state index >= 15 is 0 Å². The third kappa shape index (κ3) is 5.26. The van der Waals surface area contributed by atoms with Gasteiger partial charge >= 0.3 is 6.18 Å². The minimum atomic E-state index is -4.47. The van der Waals surface area contributed by atoms with Crippen molar-refractivity contribution in [2.75, 3.05) is 13.3 Å². The summed E-state index contributed by atoms with van der Waals surface area (Å²) >= 11 is 1.01. The second kappa shape index (κ2) is 8.80. The van der Waals surface area contributed by atoms with Crippen molar-refractivity contribution < 1.29 is 23.1 Å². The summed E-state index contributed by atoms with van der Waals surface area (Å²) < 4.78 is 39.6. The van der Waals surface area contributed by atoms with Gasteiger partial charge in [-0.1, -0.05) is 36.4 Å². The SMILES string of the molecule is CSc1ccc(CC(=O)N(C)C(C)C(O)c2ccccc2)cc1C(F)(F)F. The normalized spacial score (nSPS) is 13.9. The minimum Gasteiger partial charge on any atom is -0.386 e. The fraction of sp³-hybridized carbons (Fsp3) is 0.350. The zero-order valence-electron chi connectivity index (χ0n) is 15.3. The van der Waals surface area contributed by atoms with Gasteiger partial charge < -0.3 is 10.0 Å². The third-order valence-electron chi connectivity index (χ3n) is 4.53. The van der Waals surface area contributed by atoms with Crippen LogP contribution in [-0.2, 0) is 17.4 Å². The minimum absolute atomic E-state index is 0.125. The highest BCUT2D eigenvalue weighted by Gasteiger charge is 2.34. The smallest absolute Gasteiger partial charge is 0.386 e. The number of alkyl halides is 3. The molecule has 0 aromatic heterocycles. The second-order valence-corrected chi connectivity index (χ2v) is 7.16. The summed E-state index contributed by atoms with van der Waals surface area (Å²) in [5, 5.41) is 10.4. The van der Waals surface area contributed by atoms with Crippen molar-refractivity contribution in [1.29, 1.82) is 0 Å². The lowest BCUT2D eigenvalue weighted by Crippen LogP contribution is -2.39. The molecule has 0 fully saturated rings. The lowest BCUT2D eigenvalue weighted by atomic mass is 10.0. The Labute approximate surface area is 161 Å². The van der Waals surface area contributed by atoms with Crippen molar-refractivity contribution in [3.8, 4) is 0 Å². The zero-order valence-corrected chi connectivity index (χ0v) is 16.1. The first kappa shape index (κ1) is 21.3. The van der Waals surface area contributed by atoms with Crippen LogP contribution in [-0.4, -0.2) is 35.3 Å². The highest BCUT2D eigenvalue weighted by molar-refractivity contribution is 7.98. The molecule has 0 spiro atoms. The van der Waals surface area contributed by atoms with E-state index in [1.54, 1.807) is 44.5 Å². The molecule has 0 bridgehead atoms. The Hall–Kier alpha value is -1.99. The van der Waals surface area contributed by atoms with Gasteiger partial charge in [-0.15, -0.1) is 11.8 Å². The molecule has 0 radical (unpaired) electrons. The van der Waals surface area contributed by atoms with Crippen LogP contribution < -0.4 is 0 Å². The van der Waals surface area contributed by atoms with E-state index < -0.39 is 23.9 Å². The fourth-order valence-electron chi connectivity index (χ4n) is 2.75. The number of aliphatic hydroxyl groups excluding tert-OH is 1. The number of rotatable bonds is 6. The maximum absolute atomic E-state index is 13.2. The largest absolute Gasteiger partial charge is 0.417 e. The maximum Gasteiger partial charge on any atom is 0.417 e. The maximum atomic E-state index is 13.2. The van der Waals surface area contributed by atoms with E-state index in [2.05, 4.69) is 0 Å². The number of nitrogens with zero attached hydrogens (tertiary/aromatic N) is 1. The van der Waals surface area contributed by atoms with E-state index in [4.69, 9.17) is 0 Å². The summed E-state index contributed by atoms with van der Waals surface area (Å²) in [6.07, 6.45) is -3.94. The van der Waals surface area contributed by atoms with Crippen LogP contribution in [0.15, 0.2) is 53.4 Å². The van der Waals surface area contributed by atoms with Crippen molar-refractivity contribution in [2.45, 2.75) is 36.6 Å². The molecule has 2 atom stereocenters. The molecule has 2 unspecified atom stereocenters. The Morgan fingerprint density at radius 1 is 1.19 bits per heavy atom. The molecule has 2 aromatic carbocycles. The molecule has 27 heavy (non-hydrogen) atoms. The molecular formula is C20H22F3NO2S. The standard InChI is InChI=1S/C20H22F3NO2S/c1-13(19(26)15-7-5-4-6-8-15)24(2)18(25)12-14-9-10-17(27-3)16(11-14)20(21,22)23/h4-11,13,19,26H,12H2,1-3H3. The van der Waals surface area contributed by atoms with Crippen LogP contribution in [0.2, 0.25) is 0 Å². The lowest BCUT2D eigenvalue weighted by molar-refractivity contribution is -0.140. The molecule has 0 aliphatic heterocycles. The van der Waals surface area contributed by atoms with Gasteiger partial charge in [-0.25, -0.2) is 0 Å². The lowest BCUT2D eigenvalue weighted by Gasteiger charge is -2.29. The number of hydrogen-bond acceptors (Lipinski definition) is 3. The number of amides is 1. The third-order valence-corrected chi connectivity index (χ3v) is 5.32. The van der Waals surface area contributed by atoms with Crippen molar-refractivity contribution in [2.24, 2.45) is 0 Å². The highest BCUT2D eigenvalue weighted by atomic mass is 32.2. The van der Waals surface area contributed by atoms with Crippen molar-refractivity contribution in [3.05, 3.63) is 65.2 Å². The van der Waals surface area contributed by atoms with Crippen molar-refractivity contribution in [3.63, 3.8) is 0 Å². The fourth-order valence-corrected chi connectivity index (χ4v) is 3.35. The first-order valence-corrected chi connectivity index (χ1v) is 9.60. The van der Waals surface area contributed by atoms with Crippen LogP contribution in [0.4, 0.5) is 13.2 Å². The molecule has 2 rings (SSSR count). The number of thioether (sulfide) groups is 1. The van der Waals surface area contributed by atoms with E-state index in [1.807, 2.05) is 6.07 Å². The van der Waals surface area contributed by atoms with Gasteiger partial charge in [0.1, 0.15) is 0 Å². The quantitative estimate of drug-likeness (QED) is 0.727. The van der Waals surface area contributed by atoms with Gasteiger partial charge in [0, 0.05) is 11.9 Å². The summed E-state index contributed by atoms with van der Waals surface area (Å²) in [6.45, 7) is 1.70. The van der Waals surface area contributed by atoms with Gasteiger partial charge in [0.25, 0.3) is 0 Å². The second-order valence-electron chi connectivity index (χ2n) is 6.31. The van der Waals surface area contributed by atoms with Gasteiger partial charge in [0.05, 0.1) is 24.1 Å². The molecule has 7 heteroatoms. The molecule has 0 aliphatic rings. The number of halogens is 3.